The number of ether oxygens (including phenoxy) is 1. The zero-order valence-electron chi connectivity index (χ0n) is 11.6. The van der Waals surface area contributed by atoms with Crippen molar-refractivity contribution in [3.8, 4) is 0 Å². The highest BCUT2D eigenvalue weighted by molar-refractivity contribution is 5.87. The standard InChI is InChI=1S/C17H22O2/c1-14(12-13-15-8-4-2-5-9-15)17(18)19-16-10-6-3-7-11-16/h2,4-5,8-9,12,16H,3,6-7,10-11,13H2,1H3. The fraction of sp³-hybridized carbons (Fsp3) is 0.471. The van der Waals surface area contributed by atoms with Gasteiger partial charge in [-0.25, -0.2) is 4.79 Å². The van der Waals surface area contributed by atoms with E-state index in [1.807, 2.05) is 31.2 Å². The van der Waals surface area contributed by atoms with E-state index >= 15 is 0 Å². The molecule has 1 fully saturated rings. The maximum atomic E-state index is 11.9. The lowest BCUT2D eigenvalue weighted by Gasteiger charge is -2.21. The van der Waals surface area contributed by atoms with Gasteiger partial charge in [-0.1, -0.05) is 42.8 Å². The minimum Gasteiger partial charge on any atom is -0.459 e. The van der Waals surface area contributed by atoms with Gasteiger partial charge in [-0.15, -0.1) is 0 Å². The lowest BCUT2D eigenvalue weighted by molar-refractivity contribution is -0.145. The van der Waals surface area contributed by atoms with E-state index in [0.29, 0.717) is 0 Å². The summed E-state index contributed by atoms with van der Waals surface area (Å²) in [5.41, 5.74) is 1.93. The number of benzene rings is 1. The molecule has 2 heteroatoms. The normalized spacial score (nSPS) is 17.2. The average molecular weight is 258 g/mol. The Kier molecular flexibility index (Phi) is 5.20. The van der Waals surface area contributed by atoms with Crippen molar-refractivity contribution >= 4 is 5.97 Å². The second kappa shape index (κ2) is 7.13. The minimum atomic E-state index is -0.150. The van der Waals surface area contributed by atoms with E-state index in [2.05, 4.69) is 12.1 Å². The van der Waals surface area contributed by atoms with E-state index in [1.165, 1.54) is 24.8 Å². The Hall–Kier alpha value is -1.57. The lowest BCUT2D eigenvalue weighted by Crippen LogP contribution is -2.21. The number of hydrogen-bond acceptors (Lipinski definition) is 2. The van der Waals surface area contributed by atoms with Gasteiger partial charge in [0.1, 0.15) is 6.10 Å². The molecule has 0 aliphatic heterocycles. The minimum absolute atomic E-state index is 0.140. The summed E-state index contributed by atoms with van der Waals surface area (Å²) in [5.74, 6) is -0.150. The van der Waals surface area contributed by atoms with Crippen molar-refractivity contribution in [1.82, 2.24) is 0 Å². The van der Waals surface area contributed by atoms with Crippen molar-refractivity contribution in [2.45, 2.75) is 51.6 Å². The molecule has 0 bridgehead atoms. The van der Waals surface area contributed by atoms with Crippen molar-refractivity contribution in [2.24, 2.45) is 0 Å². The first-order chi connectivity index (χ1) is 9.25. The van der Waals surface area contributed by atoms with Crippen LogP contribution in [0.3, 0.4) is 0 Å². The zero-order chi connectivity index (χ0) is 13.5. The molecule has 0 saturated heterocycles. The molecular formula is C17H22O2. The van der Waals surface area contributed by atoms with Crippen molar-refractivity contribution in [3.05, 3.63) is 47.5 Å². The third kappa shape index (κ3) is 4.55. The molecule has 0 radical (unpaired) electrons. The summed E-state index contributed by atoms with van der Waals surface area (Å²) in [7, 11) is 0. The molecule has 0 unspecified atom stereocenters. The van der Waals surface area contributed by atoms with Crippen LogP contribution < -0.4 is 0 Å². The Balaban J connectivity index is 1.84. The molecule has 0 atom stereocenters. The van der Waals surface area contributed by atoms with Crippen LogP contribution >= 0.6 is 0 Å². The van der Waals surface area contributed by atoms with E-state index in [-0.39, 0.29) is 12.1 Å². The molecule has 0 heterocycles. The second-order valence-corrected chi connectivity index (χ2v) is 5.24. The van der Waals surface area contributed by atoms with Gasteiger partial charge in [0.2, 0.25) is 0 Å². The molecular weight excluding hydrogens is 236 g/mol. The van der Waals surface area contributed by atoms with Crippen LogP contribution in [0.4, 0.5) is 0 Å². The van der Waals surface area contributed by atoms with Crippen LogP contribution in [0.25, 0.3) is 0 Å². The molecule has 0 spiro atoms. The summed E-state index contributed by atoms with van der Waals surface area (Å²) >= 11 is 0. The quantitative estimate of drug-likeness (QED) is 0.601. The van der Waals surface area contributed by atoms with Gasteiger partial charge in [0.15, 0.2) is 0 Å². The molecule has 19 heavy (non-hydrogen) atoms. The number of carbonyl (C=O) groups excluding carboxylic acids is 1. The smallest absolute Gasteiger partial charge is 0.333 e. The second-order valence-electron chi connectivity index (χ2n) is 5.24. The summed E-state index contributed by atoms with van der Waals surface area (Å²) in [6.45, 7) is 1.84. The number of rotatable bonds is 4. The van der Waals surface area contributed by atoms with Crippen LogP contribution in [0.2, 0.25) is 0 Å². The van der Waals surface area contributed by atoms with Gasteiger partial charge in [0.25, 0.3) is 0 Å². The summed E-state index contributed by atoms with van der Waals surface area (Å²) in [4.78, 5) is 11.9. The monoisotopic (exact) mass is 258 g/mol. The largest absolute Gasteiger partial charge is 0.459 e. The predicted octanol–water partition coefficient (Wildman–Crippen LogP) is 4.05. The number of hydrogen-bond donors (Lipinski definition) is 0. The summed E-state index contributed by atoms with van der Waals surface area (Å²) in [5, 5.41) is 0. The Bertz CT molecular complexity index is 428. The van der Waals surface area contributed by atoms with Gasteiger partial charge in [0, 0.05) is 5.57 Å². The van der Waals surface area contributed by atoms with Crippen molar-refractivity contribution in [1.29, 1.82) is 0 Å². The average Bonchev–Trinajstić information content (AvgIpc) is 2.47. The summed E-state index contributed by atoms with van der Waals surface area (Å²) in [6.07, 6.45) is 8.58. The molecule has 1 aliphatic carbocycles. The van der Waals surface area contributed by atoms with E-state index in [4.69, 9.17) is 4.74 Å². The molecule has 0 amide bonds. The maximum absolute atomic E-state index is 11.9. The van der Waals surface area contributed by atoms with Crippen LogP contribution in [-0.2, 0) is 16.0 Å². The van der Waals surface area contributed by atoms with Gasteiger partial charge in [0.05, 0.1) is 0 Å². The summed E-state index contributed by atoms with van der Waals surface area (Å²) < 4.78 is 5.53. The fourth-order valence-electron chi connectivity index (χ4n) is 2.40. The molecule has 1 saturated carbocycles. The van der Waals surface area contributed by atoms with E-state index in [9.17, 15) is 4.79 Å². The highest BCUT2D eigenvalue weighted by Gasteiger charge is 2.18. The predicted molar refractivity (Wildman–Crippen MR) is 76.9 cm³/mol. The molecule has 2 rings (SSSR count). The van der Waals surface area contributed by atoms with Gasteiger partial charge < -0.3 is 4.74 Å². The Morgan fingerprint density at radius 2 is 1.89 bits per heavy atom. The molecule has 102 valence electrons. The molecule has 1 aromatic carbocycles. The molecule has 1 aliphatic rings. The van der Waals surface area contributed by atoms with Crippen molar-refractivity contribution < 1.29 is 9.53 Å². The van der Waals surface area contributed by atoms with Gasteiger partial charge in [-0.05, 0) is 44.6 Å². The number of carbonyl (C=O) groups is 1. The van der Waals surface area contributed by atoms with Crippen LogP contribution in [0, 0.1) is 0 Å². The number of allylic oxidation sites excluding steroid dienone is 1. The van der Waals surface area contributed by atoms with Crippen LogP contribution in [0.5, 0.6) is 0 Å². The van der Waals surface area contributed by atoms with E-state index in [1.54, 1.807) is 0 Å². The number of esters is 1. The van der Waals surface area contributed by atoms with Gasteiger partial charge >= 0.3 is 5.97 Å². The zero-order valence-corrected chi connectivity index (χ0v) is 11.6. The topological polar surface area (TPSA) is 26.3 Å². The SMILES string of the molecule is CC(=CCc1ccccc1)C(=O)OC1CCCCC1. The molecule has 1 aromatic rings. The lowest BCUT2D eigenvalue weighted by atomic mass is 9.98. The van der Waals surface area contributed by atoms with Crippen molar-refractivity contribution in [2.75, 3.05) is 0 Å². The third-order valence-electron chi connectivity index (χ3n) is 3.63. The first-order valence-electron chi connectivity index (χ1n) is 7.17. The fourth-order valence-corrected chi connectivity index (χ4v) is 2.40. The first kappa shape index (κ1) is 13.9. The van der Waals surface area contributed by atoms with Gasteiger partial charge in [-0.3, -0.25) is 0 Å². The third-order valence-corrected chi connectivity index (χ3v) is 3.63. The highest BCUT2D eigenvalue weighted by atomic mass is 16.5. The Morgan fingerprint density at radius 1 is 1.21 bits per heavy atom. The van der Waals surface area contributed by atoms with E-state index in [0.717, 1.165) is 24.8 Å². The van der Waals surface area contributed by atoms with E-state index < -0.39 is 0 Å². The highest BCUT2D eigenvalue weighted by Crippen LogP contribution is 2.21. The molecule has 2 nitrogen and oxygen atoms in total. The van der Waals surface area contributed by atoms with Gasteiger partial charge in [-0.2, -0.15) is 0 Å². The summed E-state index contributed by atoms with van der Waals surface area (Å²) in [6, 6.07) is 10.2. The van der Waals surface area contributed by atoms with Crippen molar-refractivity contribution in [3.63, 3.8) is 0 Å². The molecule has 0 N–H and O–H groups in total. The van der Waals surface area contributed by atoms with Crippen LogP contribution in [-0.4, -0.2) is 12.1 Å². The Morgan fingerprint density at radius 3 is 2.58 bits per heavy atom. The first-order valence-corrected chi connectivity index (χ1v) is 7.17. The maximum Gasteiger partial charge on any atom is 0.333 e. The Labute approximate surface area is 115 Å². The van der Waals surface area contributed by atoms with Crippen LogP contribution in [0.15, 0.2) is 42.0 Å². The molecule has 0 aromatic heterocycles. The van der Waals surface area contributed by atoms with Crippen LogP contribution in [0.1, 0.15) is 44.6 Å².